The molecular formula is C17H36N2. The van der Waals surface area contributed by atoms with E-state index in [9.17, 15) is 0 Å². The highest BCUT2D eigenvalue weighted by Gasteiger charge is 2.40. The number of likely N-dealkylation sites (tertiary alicyclic amines) is 1. The minimum atomic E-state index is 0.391. The van der Waals surface area contributed by atoms with Gasteiger partial charge in [-0.1, -0.05) is 40.5 Å². The van der Waals surface area contributed by atoms with E-state index in [2.05, 4.69) is 45.0 Å². The van der Waals surface area contributed by atoms with Gasteiger partial charge in [0.05, 0.1) is 0 Å². The van der Waals surface area contributed by atoms with Crippen LogP contribution in [0.15, 0.2) is 0 Å². The second-order valence-corrected chi connectivity index (χ2v) is 6.67. The second kappa shape index (κ2) is 8.26. The standard InChI is InChI=1S/C17H36N2/c1-6-17(7-2,19-13-8-9-14-19)16(18-5)12-10-11-15(3)4/h15-16,18H,6-14H2,1-5H3. The summed E-state index contributed by atoms with van der Waals surface area (Å²) >= 11 is 0. The van der Waals surface area contributed by atoms with Gasteiger partial charge in [-0.2, -0.15) is 0 Å². The maximum absolute atomic E-state index is 3.65. The molecule has 114 valence electrons. The molecule has 0 radical (unpaired) electrons. The number of nitrogens with zero attached hydrogens (tertiary/aromatic N) is 1. The average molecular weight is 268 g/mol. The molecule has 1 fully saturated rings. The summed E-state index contributed by atoms with van der Waals surface area (Å²) in [6, 6.07) is 0.652. The lowest BCUT2D eigenvalue weighted by atomic mass is 9.80. The Balaban J connectivity index is 2.69. The highest BCUT2D eigenvalue weighted by Crippen LogP contribution is 2.33. The summed E-state index contributed by atoms with van der Waals surface area (Å²) < 4.78 is 0. The van der Waals surface area contributed by atoms with Gasteiger partial charge in [-0.3, -0.25) is 4.90 Å². The largest absolute Gasteiger partial charge is 0.315 e. The summed E-state index contributed by atoms with van der Waals surface area (Å²) in [5.41, 5.74) is 0.391. The molecule has 0 aromatic heterocycles. The van der Waals surface area contributed by atoms with Crippen LogP contribution in [0.25, 0.3) is 0 Å². The first-order chi connectivity index (χ1) is 9.10. The third-order valence-electron chi connectivity index (χ3n) is 5.23. The van der Waals surface area contributed by atoms with Crippen molar-refractivity contribution in [3.05, 3.63) is 0 Å². The van der Waals surface area contributed by atoms with Crippen molar-refractivity contribution in [1.82, 2.24) is 10.2 Å². The van der Waals surface area contributed by atoms with Gasteiger partial charge in [0.25, 0.3) is 0 Å². The van der Waals surface area contributed by atoms with E-state index in [-0.39, 0.29) is 0 Å². The van der Waals surface area contributed by atoms with Crippen LogP contribution in [0.1, 0.15) is 72.6 Å². The Hall–Kier alpha value is -0.0800. The van der Waals surface area contributed by atoms with Crippen LogP contribution in [0.4, 0.5) is 0 Å². The minimum absolute atomic E-state index is 0.391. The molecule has 2 nitrogen and oxygen atoms in total. The molecular weight excluding hydrogens is 232 g/mol. The molecule has 2 heteroatoms. The van der Waals surface area contributed by atoms with Crippen molar-refractivity contribution in [2.75, 3.05) is 20.1 Å². The Bertz CT molecular complexity index is 227. The molecule has 0 amide bonds. The zero-order valence-corrected chi connectivity index (χ0v) is 14.0. The Morgan fingerprint density at radius 3 is 2.05 bits per heavy atom. The molecule has 1 N–H and O–H groups in total. The van der Waals surface area contributed by atoms with Crippen LogP contribution in [0.2, 0.25) is 0 Å². The van der Waals surface area contributed by atoms with Crippen LogP contribution in [0, 0.1) is 5.92 Å². The lowest BCUT2D eigenvalue weighted by Crippen LogP contribution is -2.59. The molecule has 0 aliphatic carbocycles. The van der Waals surface area contributed by atoms with Crippen molar-refractivity contribution >= 4 is 0 Å². The quantitative estimate of drug-likeness (QED) is 0.678. The Morgan fingerprint density at radius 1 is 1.05 bits per heavy atom. The molecule has 1 atom stereocenters. The summed E-state index contributed by atoms with van der Waals surface area (Å²) in [6.45, 7) is 12.1. The number of rotatable bonds is 9. The van der Waals surface area contributed by atoms with Gasteiger partial charge in [-0.15, -0.1) is 0 Å². The van der Waals surface area contributed by atoms with E-state index in [0.29, 0.717) is 11.6 Å². The molecule has 0 saturated carbocycles. The van der Waals surface area contributed by atoms with E-state index in [1.165, 1.54) is 58.0 Å². The third-order valence-corrected chi connectivity index (χ3v) is 5.23. The summed E-state index contributed by atoms with van der Waals surface area (Å²) in [5.74, 6) is 0.835. The minimum Gasteiger partial charge on any atom is -0.315 e. The summed E-state index contributed by atoms with van der Waals surface area (Å²) in [4.78, 5) is 2.78. The molecule has 1 rings (SSSR count). The van der Waals surface area contributed by atoms with Crippen molar-refractivity contribution in [3.8, 4) is 0 Å². The predicted octanol–water partition coefficient (Wildman–Crippen LogP) is 4.06. The second-order valence-electron chi connectivity index (χ2n) is 6.67. The zero-order valence-electron chi connectivity index (χ0n) is 14.0. The Labute approximate surface area is 121 Å². The van der Waals surface area contributed by atoms with Crippen molar-refractivity contribution in [2.24, 2.45) is 5.92 Å². The summed E-state index contributed by atoms with van der Waals surface area (Å²) in [5, 5.41) is 3.65. The molecule has 1 aliphatic rings. The fraction of sp³-hybridized carbons (Fsp3) is 1.00. The maximum Gasteiger partial charge on any atom is 0.0357 e. The maximum atomic E-state index is 3.65. The van der Waals surface area contributed by atoms with Crippen LogP contribution in [0.5, 0.6) is 0 Å². The predicted molar refractivity (Wildman–Crippen MR) is 85.7 cm³/mol. The third kappa shape index (κ3) is 4.19. The van der Waals surface area contributed by atoms with E-state index in [1.807, 2.05) is 0 Å². The molecule has 1 heterocycles. The zero-order chi connectivity index (χ0) is 14.3. The van der Waals surface area contributed by atoms with Crippen molar-refractivity contribution in [1.29, 1.82) is 0 Å². The van der Waals surface area contributed by atoms with Crippen molar-refractivity contribution in [3.63, 3.8) is 0 Å². The normalized spacial score (nSPS) is 19.3. The first-order valence-corrected chi connectivity index (χ1v) is 8.53. The highest BCUT2D eigenvalue weighted by molar-refractivity contribution is 4.99. The van der Waals surface area contributed by atoms with E-state index < -0.39 is 0 Å². The SMILES string of the molecule is CCC(CC)(C(CCCC(C)C)NC)N1CCCC1. The average Bonchev–Trinajstić information content (AvgIpc) is 2.92. The Kier molecular flexibility index (Phi) is 7.38. The van der Waals surface area contributed by atoms with Crippen LogP contribution in [0.3, 0.4) is 0 Å². The van der Waals surface area contributed by atoms with E-state index in [1.54, 1.807) is 0 Å². The van der Waals surface area contributed by atoms with Gasteiger partial charge in [0.2, 0.25) is 0 Å². The van der Waals surface area contributed by atoms with Crippen molar-refractivity contribution < 1.29 is 0 Å². The smallest absolute Gasteiger partial charge is 0.0357 e. The number of likely N-dealkylation sites (N-methyl/N-ethyl adjacent to an activating group) is 1. The van der Waals surface area contributed by atoms with Gasteiger partial charge >= 0.3 is 0 Å². The van der Waals surface area contributed by atoms with Gasteiger partial charge < -0.3 is 5.32 Å². The number of hydrogen-bond acceptors (Lipinski definition) is 2. The van der Waals surface area contributed by atoms with E-state index in [0.717, 1.165) is 5.92 Å². The monoisotopic (exact) mass is 268 g/mol. The van der Waals surface area contributed by atoms with Gasteiger partial charge in [0, 0.05) is 11.6 Å². The summed E-state index contributed by atoms with van der Waals surface area (Å²) in [6.07, 6.45) is 9.38. The van der Waals surface area contributed by atoms with Crippen LogP contribution < -0.4 is 5.32 Å². The van der Waals surface area contributed by atoms with E-state index in [4.69, 9.17) is 0 Å². The topological polar surface area (TPSA) is 15.3 Å². The molecule has 0 aromatic carbocycles. The molecule has 1 saturated heterocycles. The number of nitrogens with one attached hydrogen (secondary N) is 1. The van der Waals surface area contributed by atoms with Crippen molar-refractivity contribution in [2.45, 2.75) is 84.2 Å². The van der Waals surface area contributed by atoms with Crippen LogP contribution in [-0.4, -0.2) is 36.6 Å². The number of hydrogen-bond donors (Lipinski definition) is 1. The molecule has 0 spiro atoms. The van der Waals surface area contributed by atoms with Gasteiger partial charge in [-0.25, -0.2) is 0 Å². The van der Waals surface area contributed by atoms with Crippen LogP contribution in [-0.2, 0) is 0 Å². The lowest BCUT2D eigenvalue weighted by Gasteiger charge is -2.47. The van der Waals surface area contributed by atoms with Gasteiger partial charge in [0.15, 0.2) is 0 Å². The fourth-order valence-corrected chi connectivity index (χ4v) is 3.98. The lowest BCUT2D eigenvalue weighted by molar-refractivity contribution is 0.0603. The molecule has 1 aliphatic heterocycles. The Morgan fingerprint density at radius 2 is 1.63 bits per heavy atom. The fourth-order valence-electron chi connectivity index (χ4n) is 3.98. The van der Waals surface area contributed by atoms with Crippen LogP contribution >= 0.6 is 0 Å². The first kappa shape index (κ1) is 17.0. The molecule has 19 heavy (non-hydrogen) atoms. The molecule has 0 bridgehead atoms. The molecule has 1 unspecified atom stereocenters. The first-order valence-electron chi connectivity index (χ1n) is 8.53. The summed E-state index contributed by atoms with van der Waals surface area (Å²) in [7, 11) is 2.16. The molecule has 0 aromatic rings. The van der Waals surface area contributed by atoms with E-state index >= 15 is 0 Å². The highest BCUT2D eigenvalue weighted by atomic mass is 15.2. The van der Waals surface area contributed by atoms with Gasteiger partial charge in [0.1, 0.15) is 0 Å². The van der Waals surface area contributed by atoms with Gasteiger partial charge in [-0.05, 0) is 58.2 Å².